The molecule has 0 aliphatic rings. The van der Waals surface area contributed by atoms with E-state index >= 15 is 0 Å². The van der Waals surface area contributed by atoms with Crippen LogP contribution in [0.15, 0.2) is 0 Å². The van der Waals surface area contributed by atoms with Crippen LogP contribution in [0.2, 0.25) is 0 Å². The van der Waals surface area contributed by atoms with Crippen LogP contribution in [-0.4, -0.2) is 20.2 Å². The Labute approximate surface area is 50.2 Å². The van der Waals surface area contributed by atoms with E-state index in [2.05, 4.69) is 10.2 Å². The van der Waals surface area contributed by atoms with Gasteiger partial charge in [-0.05, 0) is 26.4 Å². The zero-order chi connectivity index (χ0) is 6.24. The van der Waals surface area contributed by atoms with Crippen molar-refractivity contribution in [2.75, 3.05) is 20.2 Å². The van der Waals surface area contributed by atoms with Gasteiger partial charge in [-0.15, -0.1) is 0 Å². The van der Waals surface area contributed by atoms with Gasteiger partial charge in [0, 0.05) is 0 Å². The highest BCUT2D eigenvalue weighted by molar-refractivity contribution is 4.39. The van der Waals surface area contributed by atoms with Crippen molar-refractivity contribution >= 4 is 0 Å². The molecule has 0 heterocycles. The molecule has 0 fully saturated rings. The number of unbranched alkanes of at least 4 members (excludes halogenated alkanes) is 1. The zero-order valence-corrected chi connectivity index (χ0v) is 5.31. The molecule has 8 heavy (non-hydrogen) atoms. The van der Waals surface area contributed by atoms with E-state index in [1.54, 1.807) is 0 Å². The molecule has 0 saturated carbocycles. The van der Waals surface area contributed by atoms with Gasteiger partial charge in [0.15, 0.2) is 0 Å². The molecule has 0 aromatic rings. The molecule has 0 spiro atoms. The van der Waals surface area contributed by atoms with E-state index in [-0.39, 0.29) is 0 Å². The Morgan fingerprint density at radius 2 is 2.25 bits per heavy atom. The largest absolute Gasteiger partial charge is 0.320 e. The second-order valence-corrected chi connectivity index (χ2v) is 1.68. The molecule has 0 aliphatic heterocycles. The van der Waals surface area contributed by atoms with Crippen LogP contribution in [0.4, 0.5) is 0 Å². The van der Waals surface area contributed by atoms with Crippen LogP contribution in [0.3, 0.4) is 0 Å². The molecule has 3 heteroatoms. The van der Waals surface area contributed by atoms with Gasteiger partial charge in [-0.3, -0.25) is 0 Å². The van der Waals surface area contributed by atoms with Crippen LogP contribution in [0.1, 0.15) is 12.8 Å². The van der Waals surface area contributed by atoms with Gasteiger partial charge in [-0.1, -0.05) is 0 Å². The van der Waals surface area contributed by atoms with Gasteiger partial charge < -0.3 is 10.2 Å². The Morgan fingerprint density at radius 3 is 2.75 bits per heavy atom. The van der Waals surface area contributed by atoms with Gasteiger partial charge in [0.05, 0.1) is 6.61 Å². The maximum atomic E-state index is 4.79. The van der Waals surface area contributed by atoms with Gasteiger partial charge in [0.1, 0.15) is 0 Å². The molecule has 0 aliphatic carbocycles. The minimum atomic E-state index is 0.668. The zero-order valence-electron chi connectivity index (χ0n) is 5.31. The molecular weight excluding hydrogens is 104 g/mol. The van der Waals surface area contributed by atoms with E-state index < -0.39 is 0 Å². The highest BCUT2D eigenvalue weighted by Crippen LogP contribution is 1.83. The highest BCUT2D eigenvalue weighted by atomic mass is 16.6. The summed E-state index contributed by atoms with van der Waals surface area (Å²) in [6.45, 7) is 1.71. The van der Waals surface area contributed by atoms with E-state index in [0.717, 1.165) is 19.4 Å². The van der Waals surface area contributed by atoms with E-state index in [0.29, 0.717) is 6.61 Å². The summed E-state index contributed by atoms with van der Waals surface area (Å²) < 4.78 is 0. The Bertz CT molecular complexity index is 35.4. The number of hydrogen-bond acceptors (Lipinski definition) is 3. The van der Waals surface area contributed by atoms with Crippen LogP contribution in [-0.2, 0) is 4.84 Å². The van der Waals surface area contributed by atoms with Crippen molar-refractivity contribution in [3.8, 4) is 0 Å². The molecule has 0 bridgehead atoms. The molecule has 0 aromatic carbocycles. The molecule has 3 nitrogen and oxygen atoms in total. The lowest BCUT2D eigenvalue weighted by atomic mass is 10.3. The Morgan fingerprint density at radius 1 is 1.50 bits per heavy atom. The van der Waals surface area contributed by atoms with Crippen LogP contribution in [0.25, 0.3) is 0 Å². The highest BCUT2D eigenvalue weighted by Gasteiger charge is 1.83. The summed E-state index contributed by atoms with van der Waals surface area (Å²) in [7, 11) is 1.93. The molecule has 0 atom stereocenters. The fourth-order valence-corrected chi connectivity index (χ4v) is 0.487. The van der Waals surface area contributed by atoms with Crippen LogP contribution in [0.5, 0.6) is 0 Å². The first-order chi connectivity index (χ1) is 3.91. The smallest absolute Gasteiger partial charge is 0.0679 e. The van der Waals surface area contributed by atoms with Gasteiger partial charge in [-0.25, -0.2) is 5.90 Å². The normalized spacial score (nSPS) is 9.75. The summed E-state index contributed by atoms with van der Waals surface area (Å²) in [5.74, 6) is 4.79. The third-order valence-corrected chi connectivity index (χ3v) is 0.939. The van der Waals surface area contributed by atoms with Crippen LogP contribution >= 0.6 is 0 Å². The first-order valence-corrected chi connectivity index (χ1v) is 2.88. The van der Waals surface area contributed by atoms with E-state index in [4.69, 9.17) is 5.90 Å². The van der Waals surface area contributed by atoms with Gasteiger partial charge in [0.25, 0.3) is 0 Å². The second-order valence-electron chi connectivity index (χ2n) is 1.68. The third kappa shape index (κ3) is 5.88. The summed E-state index contributed by atoms with van der Waals surface area (Å²) in [4.78, 5) is 4.36. The van der Waals surface area contributed by atoms with Crippen molar-refractivity contribution in [2.45, 2.75) is 12.8 Å². The molecule has 3 N–H and O–H groups in total. The molecule has 0 unspecified atom stereocenters. The van der Waals surface area contributed by atoms with E-state index in [1.807, 2.05) is 7.05 Å². The fraction of sp³-hybridized carbons (Fsp3) is 1.00. The van der Waals surface area contributed by atoms with Crippen molar-refractivity contribution < 1.29 is 4.84 Å². The van der Waals surface area contributed by atoms with Crippen molar-refractivity contribution in [1.29, 1.82) is 0 Å². The SMILES string of the molecule is CNCCCCON. The Balaban J connectivity index is 2.53. The molecule has 0 aromatic heterocycles. The lowest BCUT2D eigenvalue weighted by Gasteiger charge is -1.96. The second kappa shape index (κ2) is 6.88. The molecule has 0 radical (unpaired) electrons. The van der Waals surface area contributed by atoms with Crippen molar-refractivity contribution in [1.82, 2.24) is 5.32 Å². The average Bonchev–Trinajstić information content (AvgIpc) is 1.81. The third-order valence-electron chi connectivity index (χ3n) is 0.939. The number of hydrogen-bond donors (Lipinski definition) is 2. The summed E-state index contributed by atoms with van der Waals surface area (Å²) in [5.41, 5.74) is 0. The number of rotatable bonds is 5. The van der Waals surface area contributed by atoms with Gasteiger partial charge in [0.2, 0.25) is 0 Å². The first-order valence-electron chi connectivity index (χ1n) is 2.88. The number of nitrogens with two attached hydrogens (primary N) is 1. The fourth-order valence-electron chi connectivity index (χ4n) is 0.487. The first kappa shape index (κ1) is 7.88. The average molecular weight is 118 g/mol. The molecular formula is C5H14N2O. The summed E-state index contributed by atoms with van der Waals surface area (Å²) >= 11 is 0. The van der Waals surface area contributed by atoms with Crippen LogP contribution < -0.4 is 11.2 Å². The van der Waals surface area contributed by atoms with Crippen molar-refractivity contribution in [2.24, 2.45) is 5.90 Å². The van der Waals surface area contributed by atoms with Gasteiger partial charge >= 0.3 is 0 Å². The number of nitrogens with one attached hydrogen (secondary N) is 1. The lowest BCUT2D eigenvalue weighted by Crippen LogP contribution is -2.09. The minimum absolute atomic E-state index is 0.668. The van der Waals surface area contributed by atoms with Crippen molar-refractivity contribution in [3.05, 3.63) is 0 Å². The molecule has 0 amide bonds. The topological polar surface area (TPSA) is 47.3 Å². The monoisotopic (exact) mass is 118 g/mol. The molecule has 0 rings (SSSR count). The predicted octanol–water partition coefficient (Wildman–Crippen LogP) is -0.124. The Kier molecular flexibility index (Phi) is 6.78. The molecule has 0 saturated heterocycles. The van der Waals surface area contributed by atoms with Crippen LogP contribution in [0, 0.1) is 0 Å². The summed E-state index contributed by atoms with van der Waals surface area (Å²) in [6.07, 6.45) is 2.17. The minimum Gasteiger partial charge on any atom is -0.320 e. The summed E-state index contributed by atoms with van der Waals surface area (Å²) in [6, 6.07) is 0. The van der Waals surface area contributed by atoms with Crippen molar-refractivity contribution in [3.63, 3.8) is 0 Å². The van der Waals surface area contributed by atoms with E-state index in [1.165, 1.54) is 0 Å². The van der Waals surface area contributed by atoms with Gasteiger partial charge in [-0.2, -0.15) is 0 Å². The maximum absolute atomic E-state index is 4.79. The maximum Gasteiger partial charge on any atom is 0.0679 e. The predicted molar refractivity (Wildman–Crippen MR) is 33.3 cm³/mol. The standard InChI is InChI=1S/C5H14N2O/c1-7-4-2-3-5-8-6/h7H,2-6H2,1H3. The lowest BCUT2D eigenvalue weighted by molar-refractivity contribution is 0.134. The summed E-state index contributed by atoms with van der Waals surface area (Å²) in [5, 5.41) is 3.03. The Hall–Kier alpha value is -0.120. The molecule has 50 valence electrons. The van der Waals surface area contributed by atoms with E-state index in [9.17, 15) is 0 Å². The quantitative estimate of drug-likeness (QED) is 0.390.